The molecule has 0 bridgehead atoms. The zero-order valence-corrected chi connectivity index (χ0v) is 16.0. The smallest absolute Gasteiger partial charge is 0.115 e. The summed E-state index contributed by atoms with van der Waals surface area (Å²) >= 11 is 1.87. The summed E-state index contributed by atoms with van der Waals surface area (Å²) in [7, 11) is 0. The number of thiazole rings is 1. The lowest BCUT2D eigenvalue weighted by Crippen LogP contribution is -2.44. The Balaban J connectivity index is 1.17. The minimum atomic E-state index is 0.643. The first-order valence-corrected chi connectivity index (χ1v) is 10.8. The molecule has 2 aliphatic heterocycles. The third-order valence-corrected chi connectivity index (χ3v) is 7.85. The van der Waals surface area contributed by atoms with Crippen LogP contribution in [0.2, 0.25) is 0 Å². The molecule has 3 fully saturated rings. The lowest BCUT2D eigenvalue weighted by atomic mass is 9.80. The van der Waals surface area contributed by atoms with E-state index in [-0.39, 0.29) is 0 Å². The first-order chi connectivity index (χ1) is 13.3. The molecular formula is C21H23N5S. The van der Waals surface area contributed by atoms with Gasteiger partial charge in [0.2, 0.25) is 0 Å². The molecule has 6 heteroatoms. The quantitative estimate of drug-likeness (QED) is 0.759. The number of fused-ring (bicyclic) bond motifs is 2. The molecule has 27 heavy (non-hydrogen) atoms. The van der Waals surface area contributed by atoms with E-state index < -0.39 is 0 Å². The second-order valence-electron chi connectivity index (χ2n) is 8.25. The summed E-state index contributed by atoms with van der Waals surface area (Å²) in [4.78, 5) is 15.9. The molecule has 0 radical (unpaired) electrons. The molecule has 1 aromatic carbocycles. The van der Waals surface area contributed by atoms with Gasteiger partial charge >= 0.3 is 0 Å². The van der Waals surface area contributed by atoms with E-state index in [0.717, 1.165) is 29.1 Å². The van der Waals surface area contributed by atoms with Gasteiger partial charge in [-0.1, -0.05) is 6.07 Å². The number of aromatic nitrogens is 3. The predicted molar refractivity (Wildman–Crippen MR) is 108 cm³/mol. The van der Waals surface area contributed by atoms with Gasteiger partial charge in [-0.25, -0.2) is 15.0 Å². The van der Waals surface area contributed by atoms with Gasteiger partial charge in [0.05, 0.1) is 15.2 Å². The Bertz CT molecular complexity index is 953. The fraction of sp³-hybridized carbons (Fsp3) is 0.476. The number of likely N-dealkylation sites (tertiary alicyclic amines) is 1. The Morgan fingerprint density at radius 2 is 1.96 bits per heavy atom. The van der Waals surface area contributed by atoms with Gasteiger partial charge < -0.3 is 5.32 Å². The van der Waals surface area contributed by atoms with Crippen molar-refractivity contribution in [3.05, 3.63) is 41.9 Å². The van der Waals surface area contributed by atoms with Gasteiger partial charge in [0.15, 0.2) is 0 Å². The maximum Gasteiger partial charge on any atom is 0.115 e. The van der Waals surface area contributed by atoms with Crippen molar-refractivity contribution in [3.63, 3.8) is 0 Å². The van der Waals surface area contributed by atoms with Crippen LogP contribution in [0.5, 0.6) is 0 Å². The van der Waals surface area contributed by atoms with Crippen LogP contribution in [0.1, 0.15) is 30.2 Å². The van der Waals surface area contributed by atoms with Crippen LogP contribution in [0.25, 0.3) is 21.3 Å². The maximum atomic E-state index is 4.94. The van der Waals surface area contributed by atoms with Gasteiger partial charge in [-0.05, 0) is 49.4 Å². The molecule has 1 aliphatic carbocycles. The van der Waals surface area contributed by atoms with E-state index in [1.54, 1.807) is 6.33 Å². The van der Waals surface area contributed by atoms with Crippen LogP contribution in [-0.2, 0) is 0 Å². The number of hydrogen-bond acceptors (Lipinski definition) is 6. The highest BCUT2D eigenvalue weighted by atomic mass is 32.1. The normalized spacial score (nSPS) is 30.5. The van der Waals surface area contributed by atoms with Gasteiger partial charge in [0.1, 0.15) is 6.33 Å². The molecule has 6 rings (SSSR count). The molecule has 2 aromatic heterocycles. The topological polar surface area (TPSA) is 53.9 Å². The molecule has 138 valence electrons. The van der Waals surface area contributed by atoms with Gasteiger partial charge in [-0.15, -0.1) is 11.3 Å². The molecule has 5 nitrogen and oxygen atoms in total. The van der Waals surface area contributed by atoms with Crippen LogP contribution in [-0.4, -0.2) is 51.6 Å². The molecule has 0 unspecified atom stereocenters. The molecule has 0 amide bonds. The summed E-state index contributed by atoms with van der Waals surface area (Å²) in [6.45, 7) is 3.78. The van der Waals surface area contributed by atoms with Crippen molar-refractivity contribution in [2.45, 2.75) is 37.3 Å². The number of nitrogens with zero attached hydrogens (tertiary/aromatic N) is 4. The SMILES string of the molecule is c1ncc(-c2ccc3nc([C@H]4C[C@@H](N5C[C@H]6CCN[C@H]6C5)C4)sc3c2)cn1. The van der Waals surface area contributed by atoms with Gasteiger partial charge in [0, 0.05) is 49.0 Å². The van der Waals surface area contributed by atoms with Crippen LogP contribution >= 0.6 is 11.3 Å². The van der Waals surface area contributed by atoms with Gasteiger partial charge in [0.25, 0.3) is 0 Å². The third kappa shape index (κ3) is 2.78. The van der Waals surface area contributed by atoms with Crippen LogP contribution in [0.15, 0.2) is 36.9 Å². The van der Waals surface area contributed by atoms with E-state index in [9.17, 15) is 0 Å². The summed E-state index contributed by atoms with van der Waals surface area (Å²) in [5.41, 5.74) is 3.35. The molecule has 2 saturated heterocycles. The van der Waals surface area contributed by atoms with E-state index in [1.165, 1.54) is 54.2 Å². The van der Waals surface area contributed by atoms with Crippen LogP contribution in [0.4, 0.5) is 0 Å². The third-order valence-electron chi connectivity index (χ3n) is 6.67. The Hall–Kier alpha value is -1.89. The summed E-state index contributed by atoms with van der Waals surface area (Å²) in [6.07, 6.45) is 9.23. The zero-order valence-electron chi connectivity index (χ0n) is 15.2. The average molecular weight is 378 g/mol. The van der Waals surface area contributed by atoms with E-state index in [1.807, 2.05) is 23.7 Å². The summed E-state index contributed by atoms with van der Waals surface area (Å²) in [5.74, 6) is 1.54. The predicted octanol–water partition coefficient (Wildman–Crippen LogP) is 3.29. The van der Waals surface area contributed by atoms with Crippen molar-refractivity contribution in [1.82, 2.24) is 25.2 Å². The number of benzene rings is 1. The summed E-state index contributed by atoms with van der Waals surface area (Å²) in [6, 6.07) is 8.03. The molecular weight excluding hydrogens is 354 g/mol. The highest BCUT2D eigenvalue weighted by molar-refractivity contribution is 7.18. The molecule has 3 aromatic rings. The summed E-state index contributed by atoms with van der Waals surface area (Å²) in [5, 5.41) is 4.99. The minimum Gasteiger partial charge on any atom is -0.312 e. The Labute approximate surface area is 162 Å². The first-order valence-electron chi connectivity index (χ1n) is 9.97. The minimum absolute atomic E-state index is 0.643. The van der Waals surface area contributed by atoms with Crippen LogP contribution < -0.4 is 5.32 Å². The molecule has 3 aliphatic rings. The lowest BCUT2D eigenvalue weighted by Gasteiger charge is -2.40. The van der Waals surface area contributed by atoms with Gasteiger partial charge in [-0.3, -0.25) is 4.90 Å². The summed E-state index contributed by atoms with van der Waals surface area (Å²) < 4.78 is 1.27. The van der Waals surface area contributed by atoms with Crippen molar-refractivity contribution in [3.8, 4) is 11.1 Å². The lowest BCUT2D eigenvalue weighted by molar-refractivity contribution is 0.128. The zero-order chi connectivity index (χ0) is 17.8. The monoisotopic (exact) mass is 377 g/mol. The van der Waals surface area contributed by atoms with E-state index in [4.69, 9.17) is 4.98 Å². The van der Waals surface area contributed by atoms with Crippen molar-refractivity contribution >= 4 is 21.6 Å². The molecule has 0 spiro atoms. The number of nitrogens with one attached hydrogen (secondary N) is 1. The fourth-order valence-corrected chi connectivity index (χ4v) is 6.15. The second-order valence-corrected chi connectivity index (χ2v) is 9.31. The molecule has 1 N–H and O–H groups in total. The first kappa shape index (κ1) is 16.1. The van der Waals surface area contributed by atoms with Gasteiger partial charge in [-0.2, -0.15) is 0 Å². The highest BCUT2D eigenvalue weighted by Gasteiger charge is 2.43. The van der Waals surface area contributed by atoms with Crippen molar-refractivity contribution < 1.29 is 0 Å². The Morgan fingerprint density at radius 1 is 1.07 bits per heavy atom. The standard InChI is InChI=1S/C21H23N5S/c1-2-18-20(7-13(1)16-8-22-12-23-9-16)27-21(25-18)15-5-17(6-15)26-10-14-3-4-24-19(14)11-26/h1-2,7-9,12,14-15,17,19,24H,3-6,10-11H2/t14-,15-,17+,19+/m1/s1. The van der Waals surface area contributed by atoms with E-state index in [0.29, 0.717) is 5.92 Å². The van der Waals surface area contributed by atoms with Crippen LogP contribution in [0.3, 0.4) is 0 Å². The van der Waals surface area contributed by atoms with Crippen molar-refractivity contribution in [2.24, 2.45) is 5.92 Å². The molecule has 1 saturated carbocycles. The highest BCUT2D eigenvalue weighted by Crippen LogP contribution is 2.44. The number of rotatable bonds is 3. The van der Waals surface area contributed by atoms with Crippen molar-refractivity contribution in [2.75, 3.05) is 19.6 Å². The number of hydrogen-bond donors (Lipinski definition) is 1. The van der Waals surface area contributed by atoms with Crippen molar-refractivity contribution in [1.29, 1.82) is 0 Å². The Morgan fingerprint density at radius 3 is 2.81 bits per heavy atom. The van der Waals surface area contributed by atoms with Crippen LogP contribution in [0, 0.1) is 5.92 Å². The van der Waals surface area contributed by atoms with E-state index in [2.05, 4.69) is 38.4 Å². The molecule has 2 atom stereocenters. The van der Waals surface area contributed by atoms with E-state index >= 15 is 0 Å². The fourth-order valence-electron chi connectivity index (χ4n) is 5.01. The second kappa shape index (κ2) is 6.33. The maximum absolute atomic E-state index is 4.94. The largest absolute Gasteiger partial charge is 0.312 e. The molecule has 4 heterocycles. The Kier molecular flexibility index (Phi) is 3.77. The average Bonchev–Trinajstić information content (AvgIpc) is 3.35.